The third-order valence-corrected chi connectivity index (χ3v) is 1.73. The van der Waals surface area contributed by atoms with Gasteiger partial charge in [-0.15, -0.1) is 11.6 Å². The van der Waals surface area contributed by atoms with Crippen molar-refractivity contribution in [3.63, 3.8) is 0 Å². The number of nitrogens with one attached hydrogen (secondary N) is 1. The van der Waals surface area contributed by atoms with Crippen molar-refractivity contribution in [3.05, 3.63) is 23.4 Å². The number of alkyl halides is 1. The quantitative estimate of drug-likeness (QED) is 0.509. The topological polar surface area (TPSA) is 12.0 Å². The summed E-state index contributed by atoms with van der Waals surface area (Å²) in [5.74, 6) is 0.600. The molecule has 0 bridgehead atoms. The zero-order valence-corrected chi connectivity index (χ0v) is 8.20. The number of likely N-dealkylation sites (N-methyl/N-ethyl adjacent to an activating group) is 1. The van der Waals surface area contributed by atoms with Gasteiger partial charge in [-0.2, -0.15) is 0 Å². The van der Waals surface area contributed by atoms with Gasteiger partial charge in [0.2, 0.25) is 0 Å². The molecule has 64 valence electrons. The fourth-order valence-electron chi connectivity index (χ4n) is 0.745. The molecule has 0 fully saturated rings. The van der Waals surface area contributed by atoms with Gasteiger partial charge in [0.15, 0.2) is 0 Å². The lowest BCUT2D eigenvalue weighted by Gasteiger charge is -2.03. The van der Waals surface area contributed by atoms with E-state index in [-0.39, 0.29) is 0 Å². The maximum absolute atomic E-state index is 5.63. The smallest absolute Gasteiger partial charge is 0.0434 e. The van der Waals surface area contributed by atoms with Crippen LogP contribution in [0.3, 0.4) is 0 Å². The normalized spacial score (nSPS) is 13.5. The fourth-order valence-corrected chi connectivity index (χ4v) is 0.822. The van der Waals surface area contributed by atoms with Crippen LogP contribution in [-0.4, -0.2) is 12.4 Å². The molecule has 0 aromatic heterocycles. The minimum Gasteiger partial charge on any atom is -0.386 e. The van der Waals surface area contributed by atoms with Crippen molar-refractivity contribution in [2.75, 3.05) is 12.4 Å². The molecule has 11 heavy (non-hydrogen) atoms. The molecular formula is C9H16ClN. The summed E-state index contributed by atoms with van der Waals surface area (Å²) in [5.41, 5.74) is 2.33. The predicted molar refractivity (Wildman–Crippen MR) is 51.9 cm³/mol. The van der Waals surface area contributed by atoms with Crippen molar-refractivity contribution < 1.29 is 0 Å². The molecule has 0 rings (SSSR count). The van der Waals surface area contributed by atoms with E-state index in [0.717, 1.165) is 12.2 Å². The molecular weight excluding hydrogens is 158 g/mol. The van der Waals surface area contributed by atoms with Gasteiger partial charge in [-0.3, -0.25) is 0 Å². The van der Waals surface area contributed by atoms with Crippen molar-refractivity contribution >= 4 is 11.6 Å². The molecule has 0 unspecified atom stereocenters. The van der Waals surface area contributed by atoms with Crippen LogP contribution in [0.5, 0.6) is 0 Å². The highest BCUT2D eigenvalue weighted by atomic mass is 35.5. The second kappa shape index (κ2) is 6.29. The van der Waals surface area contributed by atoms with Crippen molar-refractivity contribution in [2.24, 2.45) is 0 Å². The Balaban J connectivity index is 4.07. The number of hydrogen-bond donors (Lipinski definition) is 1. The molecule has 0 heterocycles. The maximum atomic E-state index is 5.63. The van der Waals surface area contributed by atoms with E-state index >= 15 is 0 Å². The third-order valence-electron chi connectivity index (χ3n) is 1.30. The zero-order chi connectivity index (χ0) is 8.69. The standard InChI is InChI=1S/C9H16ClN/c1-4-9(11-5-2)6-8(3)7-10/h4,6,11H,5,7H2,1-3H3/b8-6-,9-4+. The Morgan fingerprint density at radius 1 is 1.55 bits per heavy atom. The van der Waals surface area contributed by atoms with Gasteiger partial charge >= 0.3 is 0 Å². The molecule has 0 amide bonds. The number of allylic oxidation sites excluding steroid dienone is 3. The molecule has 0 aliphatic rings. The van der Waals surface area contributed by atoms with Crippen LogP contribution in [0.25, 0.3) is 0 Å². The molecule has 0 saturated carbocycles. The molecule has 0 aliphatic carbocycles. The summed E-state index contributed by atoms with van der Waals surface area (Å²) in [6.45, 7) is 7.06. The Bertz CT molecular complexity index is 159. The van der Waals surface area contributed by atoms with Gasteiger partial charge in [0.05, 0.1) is 0 Å². The highest BCUT2D eigenvalue weighted by Gasteiger charge is 1.89. The Morgan fingerprint density at radius 2 is 2.18 bits per heavy atom. The summed E-state index contributed by atoms with van der Waals surface area (Å²) in [7, 11) is 0. The number of hydrogen-bond acceptors (Lipinski definition) is 1. The van der Waals surface area contributed by atoms with E-state index in [1.54, 1.807) is 0 Å². The van der Waals surface area contributed by atoms with Crippen molar-refractivity contribution in [1.29, 1.82) is 0 Å². The monoisotopic (exact) mass is 173 g/mol. The van der Waals surface area contributed by atoms with Crippen LogP contribution in [0, 0.1) is 0 Å². The van der Waals surface area contributed by atoms with Gasteiger partial charge < -0.3 is 5.32 Å². The average Bonchev–Trinajstić information content (AvgIpc) is 2.03. The van der Waals surface area contributed by atoms with Crippen LogP contribution in [0.4, 0.5) is 0 Å². The van der Waals surface area contributed by atoms with Crippen molar-refractivity contribution in [3.8, 4) is 0 Å². The first-order chi connectivity index (χ1) is 5.24. The first-order valence-corrected chi connectivity index (χ1v) is 4.41. The summed E-state index contributed by atoms with van der Waals surface area (Å²) in [6, 6.07) is 0. The summed E-state index contributed by atoms with van der Waals surface area (Å²) in [5, 5.41) is 3.22. The highest BCUT2D eigenvalue weighted by molar-refractivity contribution is 6.19. The summed E-state index contributed by atoms with van der Waals surface area (Å²) in [4.78, 5) is 0. The average molecular weight is 174 g/mol. The maximum Gasteiger partial charge on any atom is 0.0434 e. The molecule has 0 aliphatic heterocycles. The van der Waals surface area contributed by atoms with Gasteiger partial charge in [0.25, 0.3) is 0 Å². The molecule has 0 radical (unpaired) electrons. The van der Waals surface area contributed by atoms with Gasteiger partial charge in [0, 0.05) is 18.1 Å². The molecule has 0 saturated heterocycles. The Labute approximate surface area is 74.1 Å². The van der Waals surface area contributed by atoms with E-state index in [2.05, 4.69) is 18.3 Å². The lowest BCUT2D eigenvalue weighted by Crippen LogP contribution is -2.10. The summed E-state index contributed by atoms with van der Waals surface area (Å²) < 4.78 is 0. The molecule has 1 N–H and O–H groups in total. The van der Waals surface area contributed by atoms with Crippen molar-refractivity contribution in [1.82, 2.24) is 5.32 Å². The number of halogens is 1. The second-order valence-electron chi connectivity index (χ2n) is 2.40. The van der Waals surface area contributed by atoms with E-state index in [1.165, 1.54) is 5.57 Å². The Morgan fingerprint density at radius 3 is 2.55 bits per heavy atom. The molecule has 0 spiro atoms. The molecule has 2 heteroatoms. The Kier molecular flexibility index (Phi) is 6.05. The summed E-state index contributed by atoms with van der Waals surface area (Å²) >= 11 is 5.63. The predicted octanol–water partition coefficient (Wildman–Crippen LogP) is 2.68. The third kappa shape index (κ3) is 4.91. The molecule has 0 atom stereocenters. The van der Waals surface area contributed by atoms with Crippen LogP contribution >= 0.6 is 11.6 Å². The highest BCUT2D eigenvalue weighted by Crippen LogP contribution is 2.00. The molecule has 1 nitrogen and oxygen atoms in total. The summed E-state index contributed by atoms with van der Waals surface area (Å²) in [6.07, 6.45) is 4.11. The minimum atomic E-state index is 0.600. The second-order valence-corrected chi connectivity index (χ2v) is 2.67. The zero-order valence-electron chi connectivity index (χ0n) is 7.45. The van der Waals surface area contributed by atoms with Gasteiger partial charge in [-0.25, -0.2) is 0 Å². The SMILES string of the molecule is C/C=C(\C=C(\C)CCl)NCC. The number of rotatable bonds is 4. The Hall–Kier alpha value is -0.430. The molecule has 0 aromatic rings. The van der Waals surface area contributed by atoms with Gasteiger partial charge in [0.1, 0.15) is 0 Å². The molecule has 0 aromatic carbocycles. The van der Waals surface area contributed by atoms with E-state index in [9.17, 15) is 0 Å². The van der Waals surface area contributed by atoms with Crippen LogP contribution < -0.4 is 5.32 Å². The van der Waals surface area contributed by atoms with E-state index < -0.39 is 0 Å². The lowest BCUT2D eigenvalue weighted by molar-refractivity contribution is 0.874. The van der Waals surface area contributed by atoms with Crippen molar-refractivity contribution in [2.45, 2.75) is 20.8 Å². The van der Waals surface area contributed by atoms with Gasteiger partial charge in [-0.1, -0.05) is 11.6 Å². The first-order valence-electron chi connectivity index (χ1n) is 3.87. The van der Waals surface area contributed by atoms with E-state index in [4.69, 9.17) is 11.6 Å². The minimum absolute atomic E-state index is 0.600. The van der Waals surface area contributed by atoms with Crippen LogP contribution in [0.2, 0.25) is 0 Å². The van der Waals surface area contributed by atoms with Gasteiger partial charge in [-0.05, 0) is 26.8 Å². The van der Waals surface area contributed by atoms with Crippen LogP contribution in [0.1, 0.15) is 20.8 Å². The lowest BCUT2D eigenvalue weighted by atomic mass is 10.2. The van der Waals surface area contributed by atoms with E-state index in [1.807, 2.05) is 19.9 Å². The fraction of sp³-hybridized carbons (Fsp3) is 0.556. The first kappa shape index (κ1) is 10.6. The van der Waals surface area contributed by atoms with Crippen LogP contribution in [-0.2, 0) is 0 Å². The van der Waals surface area contributed by atoms with E-state index in [0.29, 0.717) is 5.88 Å². The largest absolute Gasteiger partial charge is 0.386 e. The van der Waals surface area contributed by atoms with Crippen LogP contribution in [0.15, 0.2) is 23.4 Å².